The maximum Gasteiger partial charge on any atom is 0.161 e. The summed E-state index contributed by atoms with van der Waals surface area (Å²) in [6.45, 7) is 2.22. The summed E-state index contributed by atoms with van der Waals surface area (Å²) in [5.41, 5.74) is 6.75. The zero-order valence-corrected chi connectivity index (χ0v) is 8.87. The summed E-state index contributed by atoms with van der Waals surface area (Å²) < 4.78 is 11.2. The Hall–Kier alpha value is -1.22. The fourth-order valence-corrected chi connectivity index (χ4v) is 1.67. The van der Waals surface area contributed by atoms with E-state index >= 15 is 0 Å². The van der Waals surface area contributed by atoms with Gasteiger partial charge in [0.1, 0.15) is 0 Å². The normalized spacial score (nSPS) is 14.7. The van der Waals surface area contributed by atoms with Gasteiger partial charge in [0, 0.05) is 6.42 Å². The quantitative estimate of drug-likeness (QED) is 0.821. The molecule has 3 nitrogen and oxygen atoms in total. The second-order valence-corrected chi connectivity index (χ2v) is 3.72. The monoisotopic (exact) mass is 207 g/mol. The first-order valence-corrected chi connectivity index (χ1v) is 5.49. The lowest BCUT2D eigenvalue weighted by atomic mass is 10.1. The second-order valence-electron chi connectivity index (χ2n) is 3.72. The van der Waals surface area contributed by atoms with Gasteiger partial charge in [0.15, 0.2) is 11.5 Å². The number of aryl methyl sites for hydroxylation is 1. The molecule has 2 N–H and O–H groups in total. The number of fused-ring (bicyclic) bond motifs is 1. The highest BCUT2D eigenvalue weighted by Crippen LogP contribution is 2.30. The fraction of sp³-hybridized carbons (Fsp3) is 0.500. The van der Waals surface area contributed by atoms with Gasteiger partial charge in [0.25, 0.3) is 0 Å². The molecule has 0 aromatic heterocycles. The summed E-state index contributed by atoms with van der Waals surface area (Å²) in [4.78, 5) is 0. The highest BCUT2D eigenvalue weighted by Gasteiger charge is 2.09. The number of nitrogens with two attached hydrogens (primary N) is 1. The molecule has 15 heavy (non-hydrogen) atoms. The van der Waals surface area contributed by atoms with Crippen molar-refractivity contribution in [1.29, 1.82) is 0 Å². The molecule has 0 saturated carbocycles. The smallest absolute Gasteiger partial charge is 0.161 e. The van der Waals surface area contributed by atoms with E-state index in [-0.39, 0.29) is 0 Å². The van der Waals surface area contributed by atoms with Crippen molar-refractivity contribution >= 4 is 0 Å². The first-order chi connectivity index (χ1) is 7.40. The van der Waals surface area contributed by atoms with Crippen molar-refractivity contribution in [2.45, 2.75) is 19.3 Å². The SMILES string of the molecule is NCCCc1ccc2c(c1)OCCCO2. The van der Waals surface area contributed by atoms with Crippen LogP contribution in [-0.4, -0.2) is 19.8 Å². The average molecular weight is 207 g/mol. The molecule has 1 aromatic carbocycles. The number of rotatable bonds is 3. The summed E-state index contributed by atoms with van der Waals surface area (Å²) in [7, 11) is 0. The van der Waals surface area contributed by atoms with Gasteiger partial charge < -0.3 is 15.2 Å². The average Bonchev–Trinajstić information content (AvgIpc) is 2.50. The van der Waals surface area contributed by atoms with Crippen molar-refractivity contribution in [3.63, 3.8) is 0 Å². The van der Waals surface area contributed by atoms with E-state index in [1.165, 1.54) is 5.56 Å². The van der Waals surface area contributed by atoms with Gasteiger partial charge >= 0.3 is 0 Å². The van der Waals surface area contributed by atoms with Crippen LogP contribution in [0.15, 0.2) is 18.2 Å². The molecule has 1 heterocycles. The van der Waals surface area contributed by atoms with Crippen LogP contribution < -0.4 is 15.2 Å². The van der Waals surface area contributed by atoms with Gasteiger partial charge in [-0.05, 0) is 37.1 Å². The topological polar surface area (TPSA) is 44.5 Å². The zero-order chi connectivity index (χ0) is 10.5. The largest absolute Gasteiger partial charge is 0.490 e. The van der Waals surface area contributed by atoms with Crippen molar-refractivity contribution in [2.24, 2.45) is 5.73 Å². The maximum atomic E-state index is 5.61. The van der Waals surface area contributed by atoms with E-state index in [0.717, 1.165) is 50.5 Å². The van der Waals surface area contributed by atoms with E-state index in [1.807, 2.05) is 6.07 Å². The van der Waals surface area contributed by atoms with Crippen LogP contribution in [0.3, 0.4) is 0 Å². The van der Waals surface area contributed by atoms with Crippen LogP contribution in [0.5, 0.6) is 11.5 Å². The molecular formula is C12H17NO2. The lowest BCUT2D eigenvalue weighted by Gasteiger charge is -2.08. The number of benzene rings is 1. The third kappa shape index (κ3) is 2.63. The molecule has 0 aliphatic carbocycles. The Bertz CT molecular complexity index is 325. The zero-order valence-electron chi connectivity index (χ0n) is 8.87. The van der Waals surface area contributed by atoms with Crippen LogP contribution in [0.1, 0.15) is 18.4 Å². The molecule has 0 fully saturated rings. The minimum atomic E-state index is 0.731. The van der Waals surface area contributed by atoms with Gasteiger partial charge in [0.05, 0.1) is 13.2 Å². The van der Waals surface area contributed by atoms with Gasteiger partial charge in [-0.15, -0.1) is 0 Å². The number of ether oxygens (including phenoxy) is 2. The van der Waals surface area contributed by atoms with Crippen LogP contribution in [0.25, 0.3) is 0 Å². The summed E-state index contributed by atoms with van der Waals surface area (Å²) in [5, 5.41) is 0. The van der Waals surface area contributed by atoms with Crippen molar-refractivity contribution in [3.8, 4) is 11.5 Å². The highest BCUT2D eigenvalue weighted by molar-refractivity contribution is 5.43. The molecule has 1 aliphatic heterocycles. The first-order valence-electron chi connectivity index (χ1n) is 5.49. The van der Waals surface area contributed by atoms with Gasteiger partial charge in [0.2, 0.25) is 0 Å². The van der Waals surface area contributed by atoms with Gasteiger partial charge in [-0.25, -0.2) is 0 Å². The van der Waals surface area contributed by atoms with E-state index in [2.05, 4.69) is 12.1 Å². The number of hydrogen-bond donors (Lipinski definition) is 1. The minimum absolute atomic E-state index is 0.731. The third-order valence-corrected chi connectivity index (χ3v) is 2.48. The van der Waals surface area contributed by atoms with Crippen LogP contribution in [0.2, 0.25) is 0 Å². The molecule has 0 spiro atoms. The summed E-state index contributed by atoms with van der Waals surface area (Å²) in [6, 6.07) is 6.14. The van der Waals surface area contributed by atoms with Crippen LogP contribution >= 0.6 is 0 Å². The van der Waals surface area contributed by atoms with E-state index in [0.29, 0.717) is 0 Å². The fourth-order valence-electron chi connectivity index (χ4n) is 1.67. The molecular weight excluding hydrogens is 190 g/mol. The van der Waals surface area contributed by atoms with E-state index < -0.39 is 0 Å². The highest BCUT2D eigenvalue weighted by atomic mass is 16.5. The molecule has 0 radical (unpaired) electrons. The third-order valence-electron chi connectivity index (χ3n) is 2.48. The number of hydrogen-bond acceptors (Lipinski definition) is 3. The Morgan fingerprint density at radius 2 is 1.93 bits per heavy atom. The molecule has 1 aliphatic rings. The predicted molar refractivity (Wildman–Crippen MR) is 59.4 cm³/mol. The van der Waals surface area contributed by atoms with Crippen molar-refractivity contribution in [3.05, 3.63) is 23.8 Å². The summed E-state index contributed by atoms with van der Waals surface area (Å²) in [5.74, 6) is 1.74. The molecule has 0 bridgehead atoms. The Labute approximate surface area is 90.2 Å². The second kappa shape index (κ2) is 5.03. The molecule has 1 aromatic rings. The summed E-state index contributed by atoms with van der Waals surface area (Å²) >= 11 is 0. The van der Waals surface area contributed by atoms with Gasteiger partial charge in [-0.2, -0.15) is 0 Å². The van der Waals surface area contributed by atoms with Gasteiger partial charge in [-0.3, -0.25) is 0 Å². The van der Waals surface area contributed by atoms with E-state index in [4.69, 9.17) is 15.2 Å². The van der Waals surface area contributed by atoms with Crippen molar-refractivity contribution in [1.82, 2.24) is 0 Å². The molecule has 82 valence electrons. The van der Waals surface area contributed by atoms with Crippen LogP contribution in [0, 0.1) is 0 Å². The maximum absolute atomic E-state index is 5.61. The molecule has 0 saturated heterocycles. The predicted octanol–water partition coefficient (Wildman–Crippen LogP) is 1.74. The molecule has 3 heteroatoms. The Kier molecular flexibility index (Phi) is 3.45. The lowest BCUT2D eigenvalue weighted by Crippen LogP contribution is -2.00. The summed E-state index contributed by atoms with van der Waals surface area (Å²) in [6.07, 6.45) is 2.97. The first kappa shape index (κ1) is 10.3. The Morgan fingerprint density at radius 3 is 2.73 bits per heavy atom. The Morgan fingerprint density at radius 1 is 1.13 bits per heavy atom. The van der Waals surface area contributed by atoms with Crippen molar-refractivity contribution in [2.75, 3.05) is 19.8 Å². The lowest BCUT2D eigenvalue weighted by molar-refractivity contribution is 0.297. The van der Waals surface area contributed by atoms with E-state index in [9.17, 15) is 0 Å². The van der Waals surface area contributed by atoms with E-state index in [1.54, 1.807) is 0 Å². The standard InChI is InChI=1S/C12H17NO2/c13-6-1-3-10-4-5-11-12(9-10)15-8-2-7-14-11/h4-5,9H,1-3,6-8,13H2. The van der Waals surface area contributed by atoms with Crippen LogP contribution in [0.4, 0.5) is 0 Å². The molecule has 2 rings (SSSR count). The Balaban J connectivity index is 2.13. The molecule has 0 unspecified atom stereocenters. The van der Waals surface area contributed by atoms with Gasteiger partial charge in [-0.1, -0.05) is 6.07 Å². The molecule has 0 atom stereocenters. The minimum Gasteiger partial charge on any atom is -0.490 e. The van der Waals surface area contributed by atoms with Crippen molar-refractivity contribution < 1.29 is 9.47 Å². The molecule has 0 amide bonds. The van der Waals surface area contributed by atoms with Crippen LogP contribution in [-0.2, 0) is 6.42 Å².